The van der Waals surface area contributed by atoms with E-state index in [1.54, 1.807) is 26.0 Å². The van der Waals surface area contributed by atoms with Crippen LogP contribution in [0, 0.1) is 10.1 Å². The Labute approximate surface area is 286 Å². The third-order valence-corrected chi connectivity index (χ3v) is 7.37. The minimum absolute atomic E-state index is 0.0239. The number of nitro benzene ring substituents is 1. The highest BCUT2D eigenvalue weighted by Crippen LogP contribution is 2.40. The summed E-state index contributed by atoms with van der Waals surface area (Å²) >= 11 is 0. The number of nitrogens with zero attached hydrogens (tertiary/aromatic N) is 1. The maximum atomic E-state index is 13.6. The van der Waals surface area contributed by atoms with Crippen LogP contribution in [0.2, 0.25) is 0 Å². The molecule has 0 saturated carbocycles. The van der Waals surface area contributed by atoms with Crippen molar-refractivity contribution in [3.05, 3.63) is 122 Å². The minimum Gasteiger partial charge on any atom is -0.507 e. The Morgan fingerprint density at radius 1 is 0.820 bits per heavy atom. The average molecular weight is 687 g/mol. The second-order valence-corrected chi connectivity index (χ2v) is 10.9. The predicted molar refractivity (Wildman–Crippen MR) is 178 cm³/mol. The van der Waals surface area contributed by atoms with Gasteiger partial charge in [0.05, 0.1) is 39.7 Å². The van der Waals surface area contributed by atoms with Gasteiger partial charge in [-0.05, 0) is 55.8 Å². The number of para-hydroxylation sites is 1. The number of phenolic OH excluding ortho intramolecular Hbond substituents is 1. The third kappa shape index (κ3) is 9.09. The number of amides is 2. The molecule has 1 atom stereocenters. The second kappa shape index (κ2) is 16.5. The van der Waals surface area contributed by atoms with Gasteiger partial charge in [0, 0.05) is 36.1 Å². The number of aromatic hydroxyl groups is 1. The van der Waals surface area contributed by atoms with Crippen molar-refractivity contribution in [3.8, 4) is 5.75 Å². The van der Waals surface area contributed by atoms with E-state index in [-0.39, 0.29) is 71.5 Å². The number of nitro groups is 1. The van der Waals surface area contributed by atoms with E-state index in [9.17, 15) is 39.2 Å². The average Bonchev–Trinajstić information content (AvgIpc) is 3.08. The number of carbonyl (C=O) groups excluding carboxylic acids is 5. The largest absolute Gasteiger partial charge is 0.507 e. The van der Waals surface area contributed by atoms with Crippen LogP contribution >= 0.6 is 0 Å². The van der Waals surface area contributed by atoms with Crippen LogP contribution < -0.4 is 16.0 Å². The molecule has 4 rings (SSSR count). The van der Waals surface area contributed by atoms with Crippen molar-refractivity contribution >= 4 is 41.1 Å². The zero-order valence-corrected chi connectivity index (χ0v) is 27.3. The maximum absolute atomic E-state index is 13.6. The van der Waals surface area contributed by atoms with Crippen molar-refractivity contribution in [2.24, 2.45) is 0 Å². The van der Waals surface area contributed by atoms with Gasteiger partial charge in [-0.15, -0.1) is 0 Å². The van der Waals surface area contributed by atoms with Crippen molar-refractivity contribution in [3.63, 3.8) is 0 Å². The molecule has 0 bridgehead atoms. The van der Waals surface area contributed by atoms with E-state index < -0.39 is 34.7 Å². The SMILES string of the molecule is CC(=O)Nc1ccc(C(=O)OCCOC(=O)C2=C(C)NC(C)=C(C(=O)OCCNC(=O)c3ccccc3O)[C@@H]2c2cccc([N+](=O)[O-])c2)cc1. The standard InChI is InChI=1S/C35H34N4O11/c1-20-29(34(44)48-16-15-36-32(42)27-9-4-5-10-28(27)41)31(24-7-6-8-26(19-24)39(46)47)30(21(2)37-20)35(45)50-18-17-49-33(43)23-11-13-25(14-12-23)38-22(3)40/h4-14,19,31,37,41H,15-18H2,1-3H3,(H,36,42)(H,38,40)/t31-/m0/s1. The van der Waals surface area contributed by atoms with Gasteiger partial charge in [0.1, 0.15) is 25.6 Å². The highest BCUT2D eigenvalue weighted by Gasteiger charge is 2.38. The van der Waals surface area contributed by atoms with Crippen molar-refractivity contribution in [2.75, 3.05) is 31.7 Å². The fraction of sp³-hybridized carbons (Fsp3) is 0.229. The fourth-order valence-electron chi connectivity index (χ4n) is 5.16. The lowest BCUT2D eigenvalue weighted by Gasteiger charge is -2.30. The highest BCUT2D eigenvalue weighted by molar-refractivity contribution is 6.00. The molecule has 15 heteroatoms. The van der Waals surface area contributed by atoms with Crippen LogP contribution in [0.4, 0.5) is 11.4 Å². The van der Waals surface area contributed by atoms with Crippen LogP contribution in [0.1, 0.15) is 53.0 Å². The molecule has 3 aromatic rings. The number of hydrogen-bond acceptors (Lipinski definition) is 12. The van der Waals surface area contributed by atoms with Gasteiger partial charge in [-0.2, -0.15) is 0 Å². The quantitative estimate of drug-likeness (QED) is 0.0664. The smallest absolute Gasteiger partial charge is 0.338 e. The summed E-state index contributed by atoms with van der Waals surface area (Å²) in [5.74, 6) is -4.66. The van der Waals surface area contributed by atoms with Crippen molar-refractivity contribution < 1.29 is 48.2 Å². The van der Waals surface area contributed by atoms with Crippen LogP contribution in [0.15, 0.2) is 95.3 Å². The van der Waals surface area contributed by atoms with Crippen LogP contribution in [-0.4, -0.2) is 66.1 Å². The minimum atomic E-state index is -1.16. The molecule has 0 radical (unpaired) electrons. The molecule has 0 aliphatic carbocycles. The zero-order chi connectivity index (χ0) is 36.4. The molecule has 0 unspecified atom stereocenters. The molecule has 260 valence electrons. The molecule has 2 amide bonds. The van der Waals surface area contributed by atoms with Crippen molar-refractivity contribution in [1.29, 1.82) is 0 Å². The van der Waals surface area contributed by atoms with Crippen LogP contribution in [0.5, 0.6) is 5.75 Å². The Bertz CT molecular complexity index is 1880. The van der Waals surface area contributed by atoms with Gasteiger partial charge in [0.2, 0.25) is 5.91 Å². The zero-order valence-electron chi connectivity index (χ0n) is 27.3. The molecule has 1 aliphatic heterocycles. The Morgan fingerprint density at radius 2 is 1.42 bits per heavy atom. The first-order valence-corrected chi connectivity index (χ1v) is 15.3. The molecule has 1 aliphatic rings. The Morgan fingerprint density at radius 3 is 2.02 bits per heavy atom. The van der Waals surface area contributed by atoms with Gasteiger partial charge in [-0.25, -0.2) is 14.4 Å². The topological polar surface area (TPSA) is 212 Å². The van der Waals surface area contributed by atoms with E-state index in [0.29, 0.717) is 17.1 Å². The van der Waals surface area contributed by atoms with E-state index in [2.05, 4.69) is 16.0 Å². The number of anilines is 1. The Kier molecular flexibility index (Phi) is 12.0. The van der Waals surface area contributed by atoms with E-state index in [4.69, 9.17) is 14.2 Å². The summed E-state index contributed by atoms with van der Waals surface area (Å²) in [4.78, 5) is 74.2. The number of allylic oxidation sites excluding steroid dienone is 2. The van der Waals surface area contributed by atoms with Crippen LogP contribution in [0.25, 0.3) is 0 Å². The molecular weight excluding hydrogens is 652 g/mol. The Hall–Kier alpha value is -6.51. The summed E-state index contributed by atoms with van der Waals surface area (Å²) in [5.41, 5.74) is 1.27. The number of dihydropyridines is 1. The van der Waals surface area contributed by atoms with Gasteiger partial charge in [0.15, 0.2) is 0 Å². The summed E-state index contributed by atoms with van der Waals surface area (Å²) in [6, 6.07) is 17.4. The molecule has 0 spiro atoms. The molecule has 0 fully saturated rings. The van der Waals surface area contributed by atoms with Gasteiger partial charge in [-0.1, -0.05) is 24.3 Å². The summed E-state index contributed by atoms with van der Waals surface area (Å²) < 4.78 is 16.1. The van der Waals surface area contributed by atoms with Gasteiger partial charge < -0.3 is 35.3 Å². The van der Waals surface area contributed by atoms with Crippen LogP contribution in [-0.2, 0) is 28.6 Å². The first-order valence-electron chi connectivity index (χ1n) is 15.3. The molecule has 4 N–H and O–H groups in total. The summed E-state index contributed by atoms with van der Waals surface area (Å²) in [5, 5.41) is 29.6. The summed E-state index contributed by atoms with van der Waals surface area (Å²) in [6.45, 7) is 3.45. The fourth-order valence-corrected chi connectivity index (χ4v) is 5.16. The number of esters is 3. The third-order valence-electron chi connectivity index (χ3n) is 7.37. The lowest BCUT2D eigenvalue weighted by atomic mass is 9.80. The lowest BCUT2D eigenvalue weighted by Crippen LogP contribution is -2.34. The number of benzene rings is 3. The molecule has 50 heavy (non-hydrogen) atoms. The molecule has 3 aromatic carbocycles. The Balaban J connectivity index is 1.46. The van der Waals surface area contributed by atoms with Crippen molar-refractivity contribution in [1.82, 2.24) is 10.6 Å². The monoisotopic (exact) mass is 686 g/mol. The summed E-state index contributed by atoms with van der Waals surface area (Å²) in [7, 11) is 0. The maximum Gasteiger partial charge on any atom is 0.338 e. The predicted octanol–water partition coefficient (Wildman–Crippen LogP) is 3.87. The molecular formula is C35H34N4O11. The number of rotatable bonds is 13. The number of carbonyl (C=O) groups is 5. The van der Waals surface area contributed by atoms with Crippen LogP contribution in [0.3, 0.4) is 0 Å². The molecule has 15 nitrogen and oxygen atoms in total. The number of ether oxygens (including phenoxy) is 3. The first kappa shape index (κ1) is 36.3. The molecule has 0 aromatic heterocycles. The lowest BCUT2D eigenvalue weighted by molar-refractivity contribution is -0.384. The van der Waals surface area contributed by atoms with E-state index in [0.717, 1.165) is 0 Å². The molecule has 0 saturated heterocycles. The summed E-state index contributed by atoms with van der Waals surface area (Å²) in [6.07, 6.45) is 0. The first-order chi connectivity index (χ1) is 23.9. The second-order valence-electron chi connectivity index (χ2n) is 10.9. The number of phenols is 1. The van der Waals surface area contributed by atoms with E-state index in [1.807, 2.05) is 0 Å². The van der Waals surface area contributed by atoms with Crippen molar-refractivity contribution in [2.45, 2.75) is 26.7 Å². The van der Waals surface area contributed by atoms with E-state index in [1.165, 1.54) is 67.6 Å². The van der Waals surface area contributed by atoms with Gasteiger partial charge in [-0.3, -0.25) is 19.7 Å². The number of hydrogen-bond donors (Lipinski definition) is 4. The molecule has 1 heterocycles. The number of non-ortho nitro benzene ring substituents is 1. The normalized spacial score (nSPS) is 13.9. The van der Waals surface area contributed by atoms with Gasteiger partial charge >= 0.3 is 17.9 Å². The highest BCUT2D eigenvalue weighted by atomic mass is 16.6. The van der Waals surface area contributed by atoms with E-state index >= 15 is 0 Å². The number of nitrogens with one attached hydrogen (secondary N) is 3. The van der Waals surface area contributed by atoms with Gasteiger partial charge in [0.25, 0.3) is 11.6 Å².